The van der Waals surface area contributed by atoms with E-state index in [9.17, 15) is 13.2 Å². The summed E-state index contributed by atoms with van der Waals surface area (Å²) in [6.45, 7) is 2.28. The van der Waals surface area contributed by atoms with Gasteiger partial charge >= 0.3 is 6.18 Å². The third kappa shape index (κ3) is 2.70. The Labute approximate surface area is 107 Å². The molecule has 0 aliphatic rings. The van der Waals surface area contributed by atoms with Gasteiger partial charge in [-0.3, -0.25) is 5.84 Å². The number of hydrogen-bond donors (Lipinski definition) is 2. The van der Waals surface area contributed by atoms with Gasteiger partial charge in [0.2, 0.25) is 0 Å². The molecule has 19 heavy (non-hydrogen) atoms. The van der Waals surface area contributed by atoms with Crippen molar-refractivity contribution in [3.05, 3.63) is 30.0 Å². The van der Waals surface area contributed by atoms with Crippen LogP contribution in [0, 0.1) is 0 Å². The van der Waals surface area contributed by atoms with Crippen molar-refractivity contribution in [1.82, 2.24) is 4.98 Å². The lowest BCUT2D eigenvalue weighted by molar-refractivity contribution is -0.140. The molecule has 1 aromatic carbocycles. The zero-order chi connectivity index (χ0) is 14.0. The maximum absolute atomic E-state index is 12.7. The number of nitrogens with one attached hydrogen (secondary N) is 1. The fourth-order valence-corrected chi connectivity index (χ4v) is 1.73. The number of anilines is 1. The van der Waals surface area contributed by atoms with Crippen LogP contribution in [0.25, 0.3) is 10.9 Å². The van der Waals surface area contributed by atoms with Gasteiger partial charge in [0.1, 0.15) is 11.4 Å². The number of hydrogen-bond acceptors (Lipinski definition) is 4. The highest BCUT2D eigenvalue weighted by molar-refractivity contribution is 5.92. The molecule has 0 radical (unpaired) electrons. The summed E-state index contributed by atoms with van der Waals surface area (Å²) in [5.74, 6) is 5.82. The molecule has 0 saturated heterocycles. The largest absolute Gasteiger partial charge is 0.494 e. The van der Waals surface area contributed by atoms with E-state index in [4.69, 9.17) is 10.6 Å². The van der Waals surface area contributed by atoms with Crippen LogP contribution in [0.15, 0.2) is 24.3 Å². The van der Waals surface area contributed by atoms with Crippen molar-refractivity contribution in [3.8, 4) is 5.75 Å². The zero-order valence-corrected chi connectivity index (χ0v) is 10.1. The lowest BCUT2D eigenvalue weighted by Gasteiger charge is -2.12. The summed E-state index contributed by atoms with van der Waals surface area (Å²) < 4.78 is 43.3. The van der Waals surface area contributed by atoms with E-state index in [1.54, 1.807) is 12.1 Å². The predicted octanol–water partition coefficient (Wildman–Crippen LogP) is 2.94. The molecule has 0 amide bonds. The number of aromatic nitrogens is 1. The van der Waals surface area contributed by atoms with Gasteiger partial charge in [0, 0.05) is 5.39 Å². The Morgan fingerprint density at radius 2 is 2.05 bits per heavy atom. The number of nitrogens with zero attached hydrogens (tertiary/aromatic N) is 1. The Bertz CT molecular complexity index is 599. The van der Waals surface area contributed by atoms with E-state index in [0.29, 0.717) is 17.7 Å². The van der Waals surface area contributed by atoms with Crippen LogP contribution in [0.2, 0.25) is 0 Å². The Morgan fingerprint density at radius 1 is 1.32 bits per heavy atom. The minimum atomic E-state index is -4.52. The highest BCUT2D eigenvalue weighted by atomic mass is 19.4. The summed E-state index contributed by atoms with van der Waals surface area (Å²) in [6, 6.07) is 5.51. The first-order chi connectivity index (χ1) is 8.95. The van der Waals surface area contributed by atoms with Crippen molar-refractivity contribution in [2.75, 3.05) is 12.0 Å². The third-order valence-electron chi connectivity index (χ3n) is 2.54. The number of alkyl halides is 3. The highest BCUT2D eigenvalue weighted by Gasteiger charge is 2.33. The Balaban J connectivity index is 2.63. The van der Waals surface area contributed by atoms with Gasteiger partial charge in [-0.1, -0.05) is 0 Å². The summed E-state index contributed by atoms with van der Waals surface area (Å²) in [5, 5.41) is 0.474. The van der Waals surface area contributed by atoms with E-state index in [-0.39, 0.29) is 11.2 Å². The van der Waals surface area contributed by atoms with E-state index in [1.165, 1.54) is 6.07 Å². The number of ether oxygens (including phenoxy) is 1. The molecule has 102 valence electrons. The van der Waals surface area contributed by atoms with Crippen molar-refractivity contribution in [3.63, 3.8) is 0 Å². The van der Waals surface area contributed by atoms with E-state index in [2.05, 4.69) is 10.4 Å². The molecule has 0 aliphatic heterocycles. The zero-order valence-electron chi connectivity index (χ0n) is 10.1. The van der Waals surface area contributed by atoms with Gasteiger partial charge < -0.3 is 10.2 Å². The van der Waals surface area contributed by atoms with Crippen molar-refractivity contribution < 1.29 is 17.9 Å². The second-order valence-corrected chi connectivity index (χ2v) is 3.81. The quantitative estimate of drug-likeness (QED) is 0.665. The molecule has 0 atom stereocenters. The van der Waals surface area contributed by atoms with Crippen molar-refractivity contribution in [2.45, 2.75) is 13.1 Å². The Hall–Kier alpha value is -2.02. The number of nitrogen functional groups attached to an aromatic ring is 1. The van der Waals surface area contributed by atoms with Crippen LogP contribution in [-0.2, 0) is 6.18 Å². The van der Waals surface area contributed by atoms with Crippen LogP contribution in [0.3, 0.4) is 0 Å². The minimum absolute atomic E-state index is 0.152. The molecule has 1 aromatic heterocycles. The van der Waals surface area contributed by atoms with Gasteiger partial charge in [-0.05, 0) is 31.2 Å². The van der Waals surface area contributed by atoms with Crippen molar-refractivity contribution >= 4 is 16.6 Å². The summed E-state index contributed by atoms with van der Waals surface area (Å²) >= 11 is 0. The molecule has 2 aromatic rings. The fourth-order valence-electron chi connectivity index (χ4n) is 1.73. The molecule has 3 N–H and O–H groups in total. The van der Waals surface area contributed by atoms with Crippen LogP contribution in [-0.4, -0.2) is 11.6 Å². The molecular weight excluding hydrogens is 259 g/mol. The van der Waals surface area contributed by atoms with Gasteiger partial charge in [-0.2, -0.15) is 13.2 Å². The molecule has 0 saturated carbocycles. The first-order valence-electron chi connectivity index (χ1n) is 5.57. The van der Waals surface area contributed by atoms with Gasteiger partial charge in [0.25, 0.3) is 0 Å². The van der Waals surface area contributed by atoms with Crippen molar-refractivity contribution in [1.29, 1.82) is 0 Å². The van der Waals surface area contributed by atoms with Gasteiger partial charge in [0.05, 0.1) is 17.8 Å². The monoisotopic (exact) mass is 271 g/mol. The van der Waals surface area contributed by atoms with Crippen LogP contribution in [0.4, 0.5) is 18.9 Å². The number of pyridine rings is 1. The van der Waals surface area contributed by atoms with Gasteiger partial charge in [0.15, 0.2) is 0 Å². The molecule has 0 aliphatic carbocycles. The first kappa shape index (κ1) is 13.4. The number of hydrazine groups is 1. The second kappa shape index (κ2) is 4.93. The standard InChI is InChI=1S/C12H12F3N3O/c1-2-19-7-3-4-9-8(5-7)10(18-16)6-11(17-9)12(13,14)15/h3-6H,2,16H2,1H3,(H,17,18). The highest BCUT2D eigenvalue weighted by Crippen LogP contribution is 2.33. The summed E-state index contributed by atoms with van der Waals surface area (Å²) in [5.41, 5.74) is 1.62. The third-order valence-corrected chi connectivity index (χ3v) is 2.54. The Kier molecular flexibility index (Phi) is 3.48. The second-order valence-electron chi connectivity index (χ2n) is 3.81. The molecule has 2 rings (SSSR count). The van der Waals surface area contributed by atoms with Crippen LogP contribution in [0.5, 0.6) is 5.75 Å². The van der Waals surface area contributed by atoms with Crippen LogP contribution < -0.4 is 16.0 Å². The Morgan fingerprint density at radius 3 is 2.63 bits per heavy atom. The average Bonchev–Trinajstić information content (AvgIpc) is 2.36. The molecule has 7 heteroatoms. The topological polar surface area (TPSA) is 60.2 Å². The smallest absolute Gasteiger partial charge is 0.433 e. The van der Waals surface area contributed by atoms with E-state index in [0.717, 1.165) is 6.07 Å². The van der Waals surface area contributed by atoms with E-state index >= 15 is 0 Å². The molecule has 0 spiro atoms. The van der Waals surface area contributed by atoms with Crippen LogP contribution in [0.1, 0.15) is 12.6 Å². The lowest BCUT2D eigenvalue weighted by Crippen LogP contribution is -2.12. The molecular formula is C12H12F3N3O. The predicted molar refractivity (Wildman–Crippen MR) is 65.7 cm³/mol. The van der Waals surface area contributed by atoms with Gasteiger partial charge in [-0.25, -0.2) is 4.98 Å². The summed E-state index contributed by atoms with van der Waals surface area (Å²) in [6.07, 6.45) is -4.52. The summed E-state index contributed by atoms with van der Waals surface area (Å²) in [7, 11) is 0. The molecule has 1 heterocycles. The number of fused-ring (bicyclic) bond motifs is 1. The average molecular weight is 271 g/mol. The number of rotatable bonds is 3. The van der Waals surface area contributed by atoms with E-state index in [1.807, 2.05) is 6.92 Å². The van der Waals surface area contributed by atoms with E-state index < -0.39 is 11.9 Å². The molecule has 0 fully saturated rings. The fraction of sp³-hybridized carbons (Fsp3) is 0.250. The lowest BCUT2D eigenvalue weighted by atomic mass is 10.1. The molecule has 0 unspecified atom stereocenters. The molecule has 0 bridgehead atoms. The minimum Gasteiger partial charge on any atom is -0.494 e. The van der Waals surface area contributed by atoms with Gasteiger partial charge in [-0.15, -0.1) is 0 Å². The van der Waals surface area contributed by atoms with Crippen LogP contribution >= 0.6 is 0 Å². The maximum atomic E-state index is 12.7. The number of benzene rings is 1. The maximum Gasteiger partial charge on any atom is 0.433 e. The first-order valence-corrected chi connectivity index (χ1v) is 5.57. The SMILES string of the molecule is CCOc1ccc2nc(C(F)(F)F)cc(NN)c2c1. The molecule has 4 nitrogen and oxygen atoms in total. The normalized spacial score (nSPS) is 11.6. The van der Waals surface area contributed by atoms with Crippen molar-refractivity contribution in [2.24, 2.45) is 5.84 Å². The number of halogens is 3. The number of nitrogens with two attached hydrogens (primary N) is 1. The summed E-state index contributed by atoms with van der Waals surface area (Å²) in [4.78, 5) is 3.58.